The van der Waals surface area contributed by atoms with Gasteiger partial charge in [0.05, 0.1) is 12.7 Å². The van der Waals surface area contributed by atoms with E-state index in [4.69, 9.17) is 10.7 Å². The van der Waals surface area contributed by atoms with Gasteiger partial charge in [0, 0.05) is 22.9 Å². The molecule has 8 heteroatoms. The van der Waals surface area contributed by atoms with E-state index in [1.807, 2.05) is 0 Å². The van der Waals surface area contributed by atoms with E-state index >= 15 is 0 Å². The van der Waals surface area contributed by atoms with Crippen LogP contribution in [0.4, 0.5) is 8.78 Å². The van der Waals surface area contributed by atoms with E-state index < -0.39 is 26.1 Å². The monoisotopic (exact) mass is 257 g/mol. The second kappa shape index (κ2) is 4.28. The van der Waals surface area contributed by atoms with Gasteiger partial charge >= 0.3 is 0 Å². The maximum atomic E-state index is 12.3. The molecule has 0 spiro atoms. The van der Waals surface area contributed by atoms with E-state index in [-0.39, 0.29) is 5.75 Å². The second-order valence-electron chi connectivity index (χ2n) is 2.50. The largest absolute Gasteiger partial charge is 0.496 e. The number of hydrogen-bond donors (Lipinski definition) is 0. The van der Waals surface area contributed by atoms with Gasteiger partial charge in [-0.3, -0.25) is 0 Å². The van der Waals surface area contributed by atoms with Crippen LogP contribution in [-0.4, -0.2) is 20.5 Å². The molecule has 1 aromatic rings. The van der Waals surface area contributed by atoms with Gasteiger partial charge in [-0.25, -0.2) is 22.2 Å². The fourth-order valence-electron chi connectivity index (χ4n) is 0.904. The lowest BCUT2D eigenvalue weighted by molar-refractivity contribution is 0.146. The van der Waals surface area contributed by atoms with Crippen LogP contribution in [0.3, 0.4) is 0 Å². The molecule has 0 unspecified atom stereocenters. The molecule has 0 radical (unpaired) electrons. The highest BCUT2D eigenvalue weighted by Gasteiger charge is 2.19. The topological polar surface area (TPSA) is 56.3 Å². The number of pyridine rings is 1. The van der Waals surface area contributed by atoms with Gasteiger partial charge in [-0.15, -0.1) is 0 Å². The smallest absolute Gasteiger partial charge is 0.278 e. The van der Waals surface area contributed by atoms with Crippen LogP contribution in [-0.2, 0) is 9.05 Å². The molecule has 0 aliphatic carbocycles. The van der Waals surface area contributed by atoms with Gasteiger partial charge in [-0.1, -0.05) is 0 Å². The number of nitrogens with zero attached hydrogens (tertiary/aromatic N) is 1. The van der Waals surface area contributed by atoms with Gasteiger partial charge in [-0.05, 0) is 0 Å². The highest BCUT2D eigenvalue weighted by molar-refractivity contribution is 8.13. The standard InChI is InChI=1S/C7H6ClF2NO3S/c1-14-5-2-6(15(8,12)13)11-3-4(5)7(9)10/h2-3,7H,1H3. The van der Waals surface area contributed by atoms with Crippen LogP contribution in [0, 0.1) is 0 Å². The third kappa shape index (κ3) is 2.75. The van der Waals surface area contributed by atoms with E-state index in [2.05, 4.69) is 9.72 Å². The molecule has 15 heavy (non-hydrogen) atoms. The Bertz CT molecular complexity index is 463. The molecule has 1 heterocycles. The van der Waals surface area contributed by atoms with Crippen molar-refractivity contribution >= 4 is 19.7 Å². The molecule has 0 saturated carbocycles. The summed E-state index contributed by atoms with van der Waals surface area (Å²) in [6, 6.07) is 0.851. The summed E-state index contributed by atoms with van der Waals surface area (Å²) in [4.78, 5) is 3.30. The van der Waals surface area contributed by atoms with Crippen molar-refractivity contribution in [3.8, 4) is 5.75 Å². The molecule has 84 valence electrons. The molecule has 0 aromatic carbocycles. The zero-order chi connectivity index (χ0) is 11.6. The Hall–Kier alpha value is -0.950. The van der Waals surface area contributed by atoms with Crippen molar-refractivity contribution < 1.29 is 21.9 Å². The summed E-state index contributed by atoms with van der Waals surface area (Å²) in [5, 5.41) is -0.523. The number of alkyl halides is 2. The Morgan fingerprint density at radius 2 is 2.13 bits per heavy atom. The van der Waals surface area contributed by atoms with Gasteiger partial charge in [0.15, 0.2) is 5.03 Å². The molecular weight excluding hydrogens is 252 g/mol. The van der Waals surface area contributed by atoms with Crippen LogP contribution in [0.25, 0.3) is 0 Å². The van der Waals surface area contributed by atoms with E-state index in [9.17, 15) is 17.2 Å². The SMILES string of the molecule is COc1cc(S(=O)(=O)Cl)ncc1C(F)F. The minimum absolute atomic E-state index is 0.265. The highest BCUT2D eigenvalue weighted by Crippen LogP contribution is 2.30. The number of rotatable bonds is 3. The van der Waals surface area contributed by atoms with Crippen molar-refractivity contribution in [2.45, 2.75) is 11.5 Å². The Labute approximate surface area is 89.3 Å². The number of hydrogen-bond acceptors (Lipinski definition) is 4. The molecule has 0 fully saturated rings. The first kappa shape index (κ1) is 12.1. The van der Waals surface area contributed by atoms with Crippen molar-refractivity contribution in [1.82, 2.24) is 4.98 Å². The summed E-state index contributed by atoms with van der Waals surface area (Å²) >= 11 is 0. The minimum atomic E-state index is -4.04. The fourth-order valence-corrected chi connectivity index (χ4v) is 1.58. The van der Waals surface area contributed by atoms with Gasteiger partial charge in [0.1, 0.15) is 5.75 Å². The number of aromatic nitrogens is 1. The molecule has 0 amide bonds. The lowest BCUT2D eigenvalue weighted by Gasteiger charge is -2.07. The molecule has 1 rings (SSSR count). The van der Waals surface area contributed by atoms with Crippen molar-refractivity contribution in [1.29, 1.82) is 0 Å². The predicted octanol–water partition coefficient (Wildman–Crippen LogP) is 1.96. The Balaban J connectivity index is 3.32. The van der Waals surface area contributed by atoms with Crippen molar-refractivity contribution in [2.24, 2.45) is 0 Å². The lowest BCUT2D eigenvalue weighted by Crippen LogP contribution is -2.00. The third-order valence-corrected chi connectivity index (χ3v) is 2.77. The first-order valence-corrected chi connectivity index (χ1v) is 5.94. The van der Waals surface area contributed by atoms with Crippen molar-refractivity contribution in [3.63, 3.8) is 0 Å². The third-order valence-electron chi connectivity index (χ3n) is 1.57. The molecule has 0 N–H and O–H groups in total. The Morgan fingerprint density at radius 3 is 2.53 bits per heavy atom. The summed E-state index contributed by atoms with van der Waals surface area (Å²) in [5.74, 6) is -0.265. The quantitative estimate of drug-likeness (QED) is 0.777. The Morgan fingerprint density at radius 1 is 1.53 bits per heavy atom. The predicted molar refractivity (Wildman–Crippen MR) is 48.8 cm³/mol. The van der Waals surface area contributed by atoms with Gasteiger partial charge in [-0.2, -0.15) is 0 Å². The summed E-state index contributed by atoms with van der Waals surface area (Å²) in [7, 11) is 2.09. The zero-order valence-electron chi connectivity index (χ0n) is 7.45. The van der Waals surface area contributed by atoms with Crippen molar-refractivity contribution in [3.05, 3.63) is 17.8 Å². The van der Waals surface area contributed by atoms with Crippen LogP contribution in [0.5, 0.6) is 5.75 Å². The normalized spacial score (nSPS) is 11.8. The number of halogens is 3. The van der Waals surface area contributed by atoms with Crippen LogP contribution in [0.1, 0.15) is 12.0 Å². The maximum absolute atomic E-state index is 12.3. The molecule has 0 atom stereocenters. The minimum Gasteiger partial charge on any atom is -0.496 e. The summed E-state index contributed by atoms with van der Waals surface area (Å²) in [6.45, 7) is 0. The van der Waals surface area contributed by atoms with Crippen LogP contribution in [0.15, 0.2) is 17.3 Å². The average molecular weight is 258 g/mol. The summed E-state index contributed by atoms with van der Waals surface area (Å²) < 4.78 is 51.0. The zero-order valence-corrected chi connectivity index (χ0v) is 9.02. The number of ether oxygens (including phenoxy) is 1. The first-order valence-electron chi connectivity index (χ1n) is 3.63. The molecule has 0 aliphatic heterocycles. The molecule has 0 aliphatic rings. The first-order chi connectivity index (χ1) is 6.86. The van der Waals surface area contributed by atoms with Crippen LogP contribution < -0.4 is 4.74 Å². The van der Waals surface area contributed by atoms with Crippen molar-refractivity contribution in [2.75, 3.05) is 7.11 Å². The highest BCUT2D eigenvalue weighted by atomic mass is 35.7. The number of methoxy groups -OCH3 is 1. The average Bonchev–Trinajstić information content (AvgIpc) is 2.15. The molecule has 4 nitrogen and oxygen atoms in total. The second-order valence-corrected chi connectivity index (χ2v) is 5.02. The summed E-state index contributed by atoms with van der Waals surface area (Å²) in [5.41, 5.74) is -0.485. The van der Waals surface area contributed by atoms with Crippen LogP contribution in [0.2, 0.25) is 0 Å². The van der Waals surface area contributed by atoms with E-state index in [1.54, 1.807) is 0 Å². The van der Waals surface area contributed by atoms with Gasteiger partial charge < -0.3 is 4.74 Å². The van der Waals surface area contributed by atoms with E-state index in [1.165, 1.54) is 0 Å². The van der Waals surface area contributed by atoms with Gasteiger partial charge in [0.2, 0.25) is 0 Å². The van der Waals surface area contributed by atoms with E-state index in [0.717, 1.165) is 19.4 Å². The maximum Gasteiger partial charge on any atom is 0.278 e. The molecule has 1 aromatic heterocycles. The lowest BCUT2D eigenvalue weighted by atomic mass is 10.3. The van der Waals surface area contributed by atoms with Crippen LogP contribution >= 0.6 is 10.7 Å². The van der Waals surface area contributed by atoms with E-state index in [0.29, 0.717) is 0 Å². The molecular formula is C7H6ClF2NO3S. The molecule has 0 saturated heterocycles. The van der Waals surface area contributed by atoms with Gasteiger partial charge in [0.25, 0.3) is 15.5 Å². The summed E-state index contributed by atoms with van der Waals surface area (Å²) in [6.07, 6.45) is -2.07. The Kier molecular flexibility index (Phi) is 3.46. The molecule has 0 bridgehead atoms. The fraction of sp³-hybridized carbons (Fsp3) is 0.286.